The van der Waals surface area contributed by atoms with Crippen LogP contribution in [0.1, 0.15) is 12.2 Å². The van der Waals surface area contributed by atoms with E-state index in [1.807, 2.05) is 0 Å². The molecule has 0 aliphatic rings. The fourth-order valence-electron chi connectivity index (χ4n) is 0.513. The number of nitrogens with zero attached hydrogens (tertiary/aromatic N) is 3. The number of tetrazole rings is 1. The molecule has 0 fully saturated rings. The molecule has 50 valence electrons. The first kappa shape index (κ1) is 6.48. The van der Waals surface area contributed by atoms with Gasteiger partial charge >= 0.3 is 0 Å². The van der Waals surface area contributed by atoms with Crippen molar-refractivity contribution in [2.24, 2.45) is 0 Å². The monoisotopic (exact) mass is 146 g/mol. The summed E-state index contributed by atoms with van der Waals surface area (Å²) in [6.07, 6.45) is 1.71. The molecule has 0 aliphatic carbocycles. The lowest BCUT2D eigenvalue weighted by molar-refractivity contribution is 0.844. The van der Waals surface area contributed by atoms with Gasteiger partial charge in [0.25, 0.3) is 0 Å². The molecule has 0 unspecified atom stereocenters. The van der Waals surface area contributed by atoms with Crippen LogP contribution in [0.2, 0.25) is 0 Å². The van der Waals surface area contributed by atoms with E-state index in [0.717, 1.165) is 18.7 Å². The molecule has 0 aromatic carbocycles. The van der Waals surface area contributed by atoms with Gasteiger partial charge in [-0.1, -0.05) is 5.21 Å². The van der Waals surface area contributed by atoms with E-state index in [1.165, 1.54) is 0 Å². The van der Waals surface area contributed by atoms with Crippen LogP contribution in [0.25, 0.3) is 0 Å². The molecule has 1 N–H and O–H groups in total. The number of alkyl halides is 1. The summed E-state index contributed by atoms with van der Waals surface area (Å²) in [6.45, 7) is 0. The Kier molecular flexibility index (Phi) is 2.45. The number of H-pyrrole nitrogens is 1. The number of aromatic nitrogens is 4. The van der Waals surface area contributed by atoms with Crippen LogP contribution >= 0.6 is 11.6 Å². The van der Waals surface area contributed by atoms with Crippen LogP contribution in [-0.4, -0.2) is 26.5 Å². The molecule has 9 heavy (non-hydrogen) atoms. The van der Waals surface area contributed by atoms with Gasteiger partial charge in [0.15, 0.2) is 5.82 Å². The first-order valence-corrected chi connectivity index (χ1v) is 3.25. The third-order valence-electron chi connectivity index (χ3n) is 0.923. The quantitative estimate of drug-likeness (QED) is 0.627. The van der Waals surface area contributed by atoms with Crippen molar-refractivity contribution in [1.82, 2.24) is 20.6 Å². The third kappa shape index (κ3) is 1.97. The molecule has 0 amide bonds. The molecule has 0 aliphatic heterocycles. The topological polar surface area (TPSA) is 54.5 Å². The molecule has 0 spiro atoms. The van der Waals surface area contributed by atoms with Crippen LogP contribution in [0.3, 0.4) is 0 Å². The van der Waals surface area contributed by atoms with Gasteiger partial charge in [0.2, 0.25) is 0 Å². The number of nitrogens with one attached hydrogen (secondary N) is 1. The predicted octanol–water partition coefficient (Wildman–Crippen LogP) is 0.371. The number of hydrogen-bond donors (Lipinski definition) is 1. The molecular weight excluding hydrogens is 140 g/mol. The molecular formula is C4H7ClN4. The molecule has 0 bridgehead atoms. The van der Waals surface area contributed by atoms with Crippen LogP contribution < -0.4 is 0 Å². The van der Waals surface area contributed by atoms with E-state index in [1.54, 1.807) is 0 Å². The van der Waals surface area contributed by atoms with Crippen molar-refractivity contribution in [2.75, 3.05) is 5.88 Å². The summed E-state index contributed by atoms with van der Waals surface area (Å²) in [4.78, 5) is 0. The maximum Gasteiger partial charge on any atom is 0.174 e. The third-order valence-corrected chi connectivity index (χ3v) is 1.19. The zero-order valence-corrected chi connectivity index (χ0v) is 5.60. The van der Waals surface area contributed by atoms with Gasteiger partial charge in [0.05, 0.1) is 0 Å². The first-order chi connectivity index (χ1) is 4.43. The molecule has 1 rings (SSSR count). The lowest BCUT2D eigenvalue weighted by Crippen LogP contribution is -1.88. The largest absolute Gasteiger partial charge is 0.177 e. The summed E-state index contributed by atoms with van der Waals surface area (Å²) in [7, 11) is 0. The van der Waals surface area contributed by atoms with Gasteiger partial charge in [-0.2, -0.15) is 5.21 Å². The SMILES string of the molecule is ClCCCc1nn[nH]n1. The van der Waals surface area contributed by atoms with Crippen molar-refractivity contribution in [3.63, 3.8) is 0 Å². The highest BCUT2D eigenvalue weighted by Crippen LogP contribution is 1.92. The molecule has 4 nitrogen and oxygen atoms in total. The van der Waals surface area contributed by atoms with E-state index < -0.39 is 0 Å². The van der Waals surface area contributed by atoms with Crippen LogP contribution in [0.5, 0.6) is 0 Å². The Balaban J connectivity index is 2.30. The van der Waals surface area contributed by atoms with Gasteiger partial charge in [-0.25, -0.2) is 0 Å². The Morgan fingerprint density at radius 3 is 3.00 bits per heavy atom. The summed E-state index contributed by atoms with van der Waals surface area (Å²) >= 11 is 5.43. The second-order valence-electron chi connectivity index (χ2n) is 1.62. The van der Waals surface area contributed by atoms with E-state index in [9.17, 15) is 0 Å². The van der Waals surface area contributed by atoms with E-state index in [0.29, 0.717) is 5.88 Å². The summed E-state index contributed by atoms with van der Waals surface area (Å²) in [6, 6.07) is 0. The Labute approximate surface area is 57.6 Å². The second kappa shape index (κ2) is 3.40. The van der Waals surface area contributed by atoms with Crippen LogP contribution in [0.15, 0.2) is 0 Å². The Hall–Kier alpha value is -0.640. The highest BCUT2D eigenvalue weighted by Gasteiger charge is 1.94. The van der Waals surface area contributed by atoms with E-state index in [-0.39, 0.29) is 0 Å². The first-order valence-electron chi connectivity index (χ1n) is 2.72. The summed E-state index contributed by atoms with van der Waals surface area (Å²) in [5.41, 5.74) is 0. The highest BCUT2D eigenvalue weighted by molar-refractivity contribution is 6.17. The molecule has 0 saturated carbocycles. The Morgan fingerprint density at radius 2 is 2.44 bits per heavy atom. The zero-order chi connectivity index (χ0) is 6.53. The van der Waals surface area contributed by atoms with E-state index >= 15 is 0 Å². The van der Waals surface area contributed by atoms with Gasteiger partial charge in [-0.3, -0.25) is 0 Å². The molecule has 0 radical (unpaired) electrons. The Morgan fingerprint density at radius 1 is 1.56 bits per heavy atom. The standard InChI is InChI=1S/C4H7ClN4/c5-3-1-2-4-6-8-9-7-4/h1-3H2,(H,6,7,8,9). The van der Waals surface area contributed by atoms with Crippen LogP contribution in [-0.2, 0) is 6.42 Å². The van der Waals surface area contributed by atoms with Crippen molar-refractivity contribution >= 4 is 11.6 Å². The maximum atomic E-state index is 5.43. The fraction of sp³-hybridized carbons (Fsp3) is 0.750. The average Bonchev–Trinajstić information content (AvgIpc) is 2.34. The smallest absolute Gasteiger partial charge is 0.174 e. The molecule has 0 atom stereocenters. The number of aryl methyl sites for hydroxylation is 1. The van der Waals surface area contributed by atoms with Crippen molar-refractivity contribution in [3.8, 4) is 0 Å². The number of rotatable bonds is 3. The molecule has 0 saturated heterocycles. The summed E-state index contributed by atoms with van der Waals surface area (Å²) < 4.78 is 0. The molecule has 1 aromatic rings. The normalized spacial score (nSPS) is 9.89. The maximum absolute atomic E-state index is 5.43. The van der Waals surface area contributed by atoms with Gasteiger partial charge in [-0.15, -0.1) is 21.8 Å². The lowest BCUT2D eigenvalue weighted by atomic mass is 10.3. The van der Waals surface area contributed by atoms with E-state index in [2.05, 4.69) is 20.6 Å². The molecule has 1 heterocycles. The number of halogens is 1. The van der Waals surface area contributed by atoms with Crippen molar-refractivity contribution in [3.05, 3.63) is 5.82 Å². The minimum atomic E-state index is 0.647. The van der Waals surface area contributed by atoms with Gasteiger partial charge in [0, 0.05) is 12.3 Å². The number of aromatic amines is 1. The minimum absolute atomic E-state index is 0.647. The molecule has 5 heteroatoms. The van der Waals surface area contributed by atoms with Crippen LogP contribution in [0.4, 0.5) is 0 Å². The van der Waals surface area contributed by atoms with Crippen molar-refractivity contribution in [1.29, 1.82) is 0 Å². The minimum Gasteiger partial charge on any atom is -0.177 e. The highest BCUT2D eigenvalue weighted by atomic mass is 35.5. The zero-order valence-electron chi connectivity index (χ0n) is 4.84. The summed E-state index contributed by atoms with van der Waals surface area (Å²) in [5.74, 6) is 1.38. The summed E-state index contributed by atoms with van der Waals surface area (Å²) in [5, 5.41) is 13.3. The van der Waals surface area contributed by atoms with Gasteiger partial charge in [0.1, 0.15) is 0 Å². The molecule has 1 aromatic heterocycles. The lowest BCUT2D eigenvalue weighted by Gasteiger charge is -1.85. The number of hydrogen-bond acceptors (Lipinski definition) is 3. The van der Waals surface area contributed by atoms with Crippen LogP contribution in [0, 0.1) is 0 Å². The average molecular weight is 147 g/mol. The second-order valence-corrected chi connectivity index (χ2v) is 2.00. The van der Waals surface area contributed by atoms with Crippen molar-refractivity contribution in [2.45, 2.75) is 12.8 Å². The Bertz CT molecular complexity index is 150. The fourth-order valence-corrected chi connectivity index (χ4v) is 0.647. The predicted molar refractivity (Wildman–Crippen MR) is 33.2 cm³/mol. The van der Waals surface area contributed by atoms with Gasteiger partial charge in [-0.05, 0) is 6.42 Å². The van der Waals surface area contributed by atoms with E-state index in [4.69, 9.17) is 11.6 Å². The van der Waals surface area contributed by atoms with Gasteiger partial charge < -0.3 is 0 Å². The van der Waals surface area contributed by atoms with Crippen molar-refractivity contribution < 1.29 is 0 Å².